The first-order chi connectivity index (χ1) is 14.2. The summed E-state index contributed by atoms with van der Waals surface area (Å²) in [5, 5.41) is 5.25. The molecule has 4 aromatic rings. The molecule has 0 aliphatic carbocycles. The number of nitrogens with zero attached hydrogens (tertiary/aromatic N) is 1. The van der Waals surface area contributed by atoms with E-state index in [2.05, 4.69) is 64.9 Å². The lowest BCUT2D eigenvalue weighted by Crippen LogP contribution is -2.23. The Labute approximate surface area is 176 Å². The van der Waals surface area contributed by atoms with E-state index in [4.69, 9.17) is 16.3 Å². The van der Waals surface area contributed by atoms with Gasteiger partial charge in [0.1, 0.15) is 10.9 Å². The van der Waals surface area contributed by atoms with Crippen molar-refractivity contribution in [1.82, 2.24) is 10.3 Å². The quantitative estimate of drug-likeness (QED) is 0.386. The van der Waals surface area contributed by atoms with Crippen LogP contribution < -0.4 is 10.1 Å². The normalized spacial score (nSPS) is 12.1. The van der Waals surface area contributed by atoms with Gasteiger partial charge in [-0.05, 0) is 35.7 Å². The van der Waals surface area contributed by atoms with Crippen LogP contribution in [0.4, 0.5) is 0 Å². The molecule has 1 atom stereocenters. The summed E-state index contributed by atoms with van der Waals surface area (Å²) in [4.78, 5) is 4.56. The molecule has 0 radical (unpaired) electrons. The van der Waals surface area contributed by atoms with Crippen LogP contribution in [0.2, 0.25) is 5.15 Å². The Morgan fingerprint density at radius 2 is 1.66 bits per heavy atom. The molecule has 1 unspecified atom stereocenters. The summed E-state index contributed by atoms with van der Waals surface area (Å²) in [6.45, 7) is 0.639. The highest BCUT2D eigenvalue weighted by Gasteiger charge is 2.14. The van der Waals surface area contributed by atoms with Crippen LogP contribution in [0.5, 0.6) is 5.75 Å². The molecule has 0 aliphatic heterocycles. The molecular weight excluding hydrogens is 380 g/mol. The molecule has 4 heteroatoms. The molecular formula is C25H23ClN2O. The van der Waals surface area contributed by atoms with E-state index in [1.54, 1.807) is 7.11 Å². The van der Waals surface area contributed by atoms with Crippen molar-refractivity contribution in [1.29, 1.82) is 0 Å². The van der Waals surface area contributed by atoms with Crippen molar-refractivity contribution in [2.75, 3.05) is 7.11 Å². The zero-order valence-corrected chi connectivity index (χ0v) is 17.1. The molecule has 3 aromatic carbocycles. The van der Waals surface area contributed by atoms with Crippen molar-refractivity contribution in [2.45, 2.75) is 19.0 Å². The van der Waals surface area contributed by atoms with Crippen molar-refractivity contribution >= 4 is 22.5 Å². The third kappa shape index (κ3) is 4.76. The lowest BCUT2D eigenvalue weighted by atomic mass is 9.98. The van der Waals surface area contributed by atoms with E-state index in [1.165, 1.54) is 11.1 Å². The van der Waals surface area contributed by atoms with E-state index in [0.717, 1.165) is 28.6 Å². The second-order valence-corrected chi connectivity index (χ2v) is 7.39. The van der Waals surface area contributed by atoms with Crippen LogP contribution in [0, 0.1) is 0 Å². The maximum Gasteiger partial charge on any atom is 0.134 e. The predicted octanol–water partition coefficient (Wildman–Crippen LogP) is 5.97. The minimum atomic E-state index is 0.182. The highest BCUT2D eigenvalue weighted by atomic mass is 35.5. The lowest BCUT2D eigenvalue weighted by molar-refractivity contribution is 0.415. The van der Waals surface area contributed by atoms with Crippen LogP contribution >= 0.6 is 11.6 Å². The third-order valence-electron chi connectivity index (χ3n) is 5.07. The Bertz CT molecular complexity index is 1080. The number of hydrogen-bond donors (Lipinski definition) is 1. The first kappa shape index (κ1) is 19.4. The maximum absolute atomic E-state index is 6.50. The molecule has 1 heterocycles. The van der Waals surface area contributed by atoms with Gasteiger partial charge in [-0.15, -0.1) is 0 Å². The molecule has 0 bridgehead atoms. The summed E-state index contributed by atoms with van der Waals surface area (Å²) in [6, 6.07) is 29.2. The van der Waals surface area contributed by atoms with Crippen LogP contribution in [0.1, 0.15) is 22.7 Å². The largest absolute Gasteiger partial charge is 0.497 e. The Hall–Kier alpha value is -2.88. The Balaban J connectivity index is 1.57. The number of pyridine rings is 1. The number of nitrogens with one attached hydrogen (secondary N) is 1. The molecule has 0 saturated heterocycles. The number of ether oxygens (including phenoxy) is 1. The van der Waals surface area contributed by atoms with E-state index in [1.807, 2.05) is 30.3 Å². The van der Waals surface area contributed by atoms with Gasteiger partial charge in [-0.1, -0.05) is 72.3 Å². The molecule has 29 heavy (non-hydrogen) atoms. The van der Waals surface area contributed by atoms with E-state index >= 15 is 0 Å². The van der Waals surface area contributed by atoms with Gasteiger partial charge >= 0.3 is 0 Å². The molecule has 4 rings (SSSR count). The number of rotatable bonds is 7. The molecule has 0 saturated carbocycles. The predicted molar refractivity (Wildman–Crippen MR) is 119 cm³/mol. The Morgan fingerprint density at radius 1 is 0.931 bits per heavy atom. The van der Waals surface area contributed by atoms with Crippen molar-refractivity contribution in [2.24, 2.45) is 0 Å². The molecule has 0 aliphatic rings. The van der Waals surface area contributed by atoms with Crippen molar-refractivity contribution in [3.63, 3.8) is 0 Å². The van der Waals surface area contributed by atoms with Gasteiger partial charge in [-0.2, -0.15) is 0 Å². The monoisotopic (exact) mass is 402 g/mol. The number of benzene rings is 3. The number of halogens is 1. The number of aromatic nitrogens is 1. The van der Waals surface area contributed by atoms with Crippen molar-refractivity contribution in [3.8, 4) is 5.75 Å². The summed E-state index contributed by atoms with van der Waals surface area (Å²) in [7, 11) is 1.65. The fourth-order valence-corrected chi connectivity index (χ4v) is 3.71. The lowest BCUT2D eigenvalue weighted by Gasteiger charge is -2.20. The van der Waals surface area contributed by atoms with E-state index in [9.17, 15) is 0 Å². The standard InChI is InChI=1S/C25H23ClN2O/c1-29-22-13-12-20-15-21(25(26)28-24(20)16-22)17-27-23(19-10-6-3-7-11-19)14-18-8-4-2-5-9-18/h2-13,15-16,23,27H,14,17H2,1H3. The first-order valence-electron chi connectivity index (χ1n) is 9.68. The maximum atomic E-state index is 6.50. The summed E-state index contributed by atoms with van der Waals surface area (Å²) in [5.41, 5.74) is 4.37. The van der Waals surface area contributed by atoms with Gasteiger partial charge in [-0.3, -0.25) is 0 Å². The second-order valence-electron chi connectivity index (χ2n) is 7.03. The highest BCUT2D eigenvalue weighted by molar-refractivity contribution is 6.30. The highest BCUT2D eigenvalue weighted by Crippen LogP contribution is 2.25. The van der Waals surface area contributed by atoms with Gasteiger partial charge in [0, 0.05) is 29.6 Å². The molecule has 1 N–H and O–H groups in total. The second kappa shape index (κ2) is 9.08. The minimum Gasteiger partial charge on any atom is -0.497 e. The SMILES string of the molecule is COc1ccc2cc(CNC(Cc3ccccc3)c3ccccc3)c(Cl)nc2c1. The smallest absolute Gasteiger partial charge is 0.134 e. The molecule has 0 spiro atoms. The van der Waals surface area contributed by atoms with E-state index in [0.29, 0.717) is 11.7 Å². The van der Waals surface area contributed by atoms with Crippen molar-refractivity contribution < 1.29 is 4.74 Å². The molecule has 146 valence electrons. The van der Waals surface area contributed by atoms with Gasteiger partial charge in [0.15, 0.2) is 0 Å². The molecule has 0 amide bonds. The fraction of sp³-hybridized carbons (Fsp3) is 0.160. The summed E-state index contributed by atoms with van der Waals surface area (Å²) < 4.78 is 5.28. The summed E-state index contributed by atoms with van der Waals surface area (Å²) in [6.07, 6.45) is 0.903. The van der Waals surface area contributed by atoms with Gasteiger partial charge in [0.05, 0.1) is 12.6 Å². The topological polar surface area (TPSA) is 34.1 Å². The van der Waals surface area contributed by atoms with Gasteiger partial charge < -0.3 is 10.1 Å². The molecule has 0 fully saturated rings. The molecule has 1 aromatic heterocycles. The summed E-state index contributed by atoms with van der Waals surface area (Å²) in [5.74, 6) is 0.777. The Kier molecular flexibility index (Phi) is 6.09. The van der Waals surface area contributed by atoms with Crippen molar-refractivity contribution in [3.05, 3.63) is 107 Å². The number of methoxy groups -OCH3 is 1. The van der Waals surface area contributed by atoms with Crippen LogP contribution in [0.15, 0.2) is 84.9 Å². The number of fused-ring (bicyclic) bond motifs is 1. The zero-order chi connectivity index (χ0) is 20.1. The third-order valence-corrected chi connectivity index (χ3v) is 5.40. The van der Waals surface area contributed by atoms with Gasteiger partial charge in [0.2, 0.25) is 0 Å². The number of hydrogen-bond acceptors (Lipinski definition) is 3. The zero-order valence-electron chi connectivity index (χ0n) is 16.3. The minimum absolute atomic E-state index is 0.182. The van der Waals surface area contributed by atoms with Gasteiger partial charge in [0.25, 0.3) is 0 Å². The average molecular weight is 403 g/mol. The van der Waals surface area contributed by atoms with Gasteiger partial charge in [-0.25, -0.2) is 4.98 Å². The van der Waals surface area contributed by atoms with E-state index < -0.39 is 0 Å². The van der Waals surface area contributed by atoms with Crippen LogP contribution in [0.3, 0.4) is 0 Å². The molecule has 3 nitrogen and oxygen atoms in total. The van der Waals surface area contributed by atoms with Crippen LogP contribution in [-0.2, 0) is 13.0 Å². The average Bonchev–Trinajstić information content (AvgIpc) is 2.77. The Morgan fingerprint density at radius 3 is 2.38 bits per heavy atom. The van der Waals surface area contributed by atoms with E-state index in [-0.39, 0.29) is 6.04 Å². The fourth-order valence-electron chi connectivity index (χ4n) is 3.49. The summed E-state index contributed by atoms with van der Waals surface area (Å²) >= 11 is 6.50. The first-order valence-corrected chi connectivity index (χ1v) is 10.1. The van der Waals surface area contributed by atoms with Crippen LogP contribution in [0.25, 0.3) is 10.9 Å². The van der Waals surface area contributed by atoms with Crippen LogP contribution in [-0.4, -0.2) is 12.1 Å².